The van der Waals surface area contributed by atoms with Crippen LogP contribution in [0.25, 0.3) is 0 Å². The number of nitrogens with zero attached hydrogens (tertiary/aromatic N) is 3. The molecule has 1 atom stereocenters. The van der Waals surface area contributed by atoms with E-state index in [0.29, 0.717) is 5.41 Å². The maximum absolute atomic E-state index is 2.75. The Bertz CT molecular complexity index is 290. The Morgan fingerprint density at radius 1 is 1.11 bits per heavy atom. The van der Waals surface area contributed by atoms with Crippen molar-refractivity contribution in [3.63, 3.8) is 0 Å². The lowest BCUT2D eigenvalue weighted by Gasteiger charge is -2.65. The topological polar surface area (TPSA) is 9.72 Å². The van der Waals surface area contributed by atoms with Crippen molar-refractivity contribution < 1.29 is 0 Å². The predicted octanol–water partition coefficient (Wildman–Crippen LogP) is 1.35. The Morgan fingerprint density at radius 3 is 2.28 bits per heavy atom. The molecule has 0 aromatic rings. The lowest BCUT2D eigenvalue weighted by molar-refractivity contribution is -0.156. The second-order valence-corrected chi connectivity index (χ2v) is 7.02. The fourth-order valence-electron chi connectivity index (χ4n) is 4.38. The first-order valence-corrected chi connectivity index (χ1v) is 7.78. The van der Waals surface area contributed by atoms with Gasteiger partial charge >= 0.3 is 0 Å². The maximum atomic E-state index is 2.75. The molecule has 3 nitrogen and oxygen atoms in total. The van der Waals surface area contributed by atoms with Crippen LogP contribution in [0.1, 0.15) is 26.7 Å². The fourth-order valence-corrected chi connectivity index (χ4v) is 4.38. The van der Waals surface area contributed by atoms with Crippen LogP contribution in [0.5, 0.6) is 0 Å². The summed E-state index contributed by atoms with van der Waals surface area (Å²) < 4.78 is 0. The smallest absolute Gasteiger partial charge is 0.0237 e. The van der Waals surface area contributed by atoms with E-state index in [0.717, 1.165) is 12.0 Å². The lowest BCUT2D eigenvalue weighted by atomic mass is 9.66. The molecule has 0 aromatic heterocycles. The molecule has 0 bridgehead atoms. The quantitative estimate of drug-likeness (QED) is 0.750. The summed E-state index contributed by atoms with van der Waals surface area (Å²) in [6.45, 7) is 14.0. The molecule has 18 heavy (non-hydrogen) atoms. The Labute approximate surface area is 112 Å². The zero-order valence-electron chi connectivity index (χ0n) is 12.4. The SMILES string of the molecule is CCN1CCC(CN2CC3(CN(C)C3)C2C)CC1. The van der Waals surface area contributed by atoms with E-state index in [1.807, 2.05) is 0 Å². The summed E-state index contributed by atoms with van der Waals surface area (Å²) in [5, 5.41) is 0. The highest BCUT2D eigenvalue weighted by molar-refractivity contribution is 5.10. The molecule has 3 saturated heterocycles. The highest BCUT2D eigenvalue weighted by Gasteiger charge is 2.55. The predicted molar refractivity (Wildman–Crippen MR) is 75.8 cm³/mol. The van der Waals surface area contributed by atoms with Gasteiger partial charge in [-0.1, -0.05) is 6.92 Å². The highest BCUT2D eigenvalue weighted by Crippen LogP contribution is 2.45. The maximum Gasteiger partial charge on any atom is 0.0237 e. The molecule has 0 N–H and O–H groups in total. The van der Waals surface area contributed by atoms with E-state index in [1.165, 1.54) is 58.7 Å². The molecule has 3 aliphatic rings. The average molecular weight is 251 g/mol. The number of rotatable bonds is 3. The molecule has 3 fully saturated rings. The van der Waals surface area contributed by atoms with Crippen molar-refractivity contribution in [3.8, 4) is 0 Å². The number of hydrogen-bond acceptors (Lipinski definition) is 3. The lowest BCUT2D eigenvalue weighted by Crippen LogP contribution is -2.76. The Kier molecular flexibility index (Phi) is 3.41. The Balaban J connectivity index is 1.43. The molecular formula is C15H29N3. The third kappa shape index (κ3) is 2.10. The van der Waals surface area contributed by atoms with Crippen molar-refractivity contribution in [2.75, 3.05) is 52.9 Å². The molecule has 0 radical (unpaired) electrons. The van der Waals surface area contributed by atoms with Crippen molar-refractivity contribution in [1.82, 2.24) is 14.7 Å². The molecule has 104 valence electrons. The summed E-state index contributed by atoms with van der Waals surface area (Å²) in [6, 6.07) is 0.831. The van der Waals surface area contributed by atoms with Gasteiger partial charge in [0.2, 0.25) is 0 Å². The Hall–Kier alpha value is -0.120. The van der Waals surface area contributed by atoms with E-state index in [-0.39, 0.29) is 0 Å². The van der Waals surface area contributed by atoms with Gasteiger partial charge in [-0.05, 0) is 52.4 Å². The normalized spacial score (nSPS) is 34.5. The van der Waals surface area contributed by atoms with Gasteiger partial charge in [-0.25, -0.2) is 0 Å². The molecule has 0 aliphatic carbocycles. The number of piperidine rings is 1. The molecule has 3 aliphatic heterocycles. The van der Waals surface area contributed by atoms with Gasteiger partial charge in [0.15, 0.2) is 0 Å². The molecule has 3 heterocycles. The van der Waals surface area contributed by atoms with E-state index in [2.05, 4.69) is 35.6 Å². The van der Waals surface area contributed by atoms with Crippen molar-refractivity contribution in [2.45, 2.75) is 32.7 Å². The van der Waals surface area contributed by atoms with Crippen molar-refractivity contribution in [3.05, 3.63) is 0 Å². The fraction of sp³-hybridized carbons (Fsp3) is 1.00. The minimum absolute atomic E-state index is 0.679. The van der Waals surface area contributed by atoms with E-state index in [1.54, 1.807) is 0 Å². The largest absolute Gasteiger partial charge is 0.305 e. The first-order chi connectivity index (χ1) is 8.63. The van der Waals surface area contributed by atoms with Crippen LogP contribution >= 0.6 is 0 Å². The minimum atomic E-state index is 0.679. The third-order valence-electron chi connectivity index (χ3n) is 5.77. The van der Waals surface area contributed by atoms with Crippen LogP contribution in [-0.4, -0.2) is 73.6 Å². The van der Waals surface area contributed by atoms with Gasteiger partial charge in [0, 0.05) is 37.6 Å². The van der Waals surface area contributed by atoms with E-state index in [4.69, 9.17) is 0 Å². The minimum Gasteiger partial charge on any atom is -0.305 e. The van der Waals surface area contributed by atoms with Crippen LogP contribution in [0.4, 0.5) is 0 Å². The third-order valence-corrected chi connectivity index (χ3v) is 5.77. The van der Waals surface area contributed by atoms with E-state index in [9.17, 15) is 0 Å². The second kappa shape index (κ2) is 4.77. The summed E-state index contributed by atoms with van der Waals surface area (Å²) in [5.74, 6) is 0.963. The van der Waals surface area contributed by atoms with Crippen molar-refractivity contribution in [2.24, 2.45) is 11.3 Å². The van der Waals surface area contributed by atoms with Crippen LogP contribution in [-0.2, 0) is 0 Å². The second-order valence-electron chi connectivity index (χ2n) is 7.02. The molecule has 3 rings (SSSR count). The number of hydrogen-bond donors (Lipinski definition) is 0. The molecule has 0 saturated carbocycles. The van der Waals surface area contributed by atoms with Gasteiger partial charge < -0.3 is 9.80 Å². The van der Waals surface area contributed by atoms with Gasteiger partial charge in [-0.2, -0.15) is 0 Å². The van der Waals surface area contributed by atoms with Crippen molar-refractivity contribution in [1.29, 1.82) is 0 Å². The standard InChI is InChI=1S/C15H29N3/c1-4-17-7-5-14(6-8-17)9-18-12-15(13(18)2)10-16(3)11-15/h13-14H,4-12H2,1-3H3. The van der Waals surface area contributed by atoms with Gasteiger partial charge in [-0.3, -0.25) is 4.90 Å². The van der Waals surface area contributed by atoms with Crippen molar-refractivity contribution >= 4 is 0 Å². The van der Waals surface area contributed by atoms with Gasteiger partial charge in [0.1, 0.15) is 0 Å². The molecule has 0 aromatic carbocycles. The summed E-state index contributed by atoms with van der Waals surface area (Å²) in [7, 11) is 2.25. The zero-order valence-corrected chi connectivity index (χ0v) is 12.4. The summed E-state index contributed by atoms with van der Waals surface area (Å²) >= 11 is 0. The zero-order chi connectivity index (χ0) is 12.8. The first-order valence-electron chi connectivity index (χ1n) is 7.78. The first kappa shape index (κ1) is 12.9. The number of likely N-dealkylation sites (tertiary alicyclic amines) is 3. The van der Waals surface area contributed by atoms with Crippen LogP contribution < -0.4 is 0 Å². The molecule has 0 amide bonds. The highest BCUT2D eigenvalue weighted by atomic mass is 15.3. The van der Waals surface area contributed by atoms with Crippen LogP contribution in [0.15, 0.2) is 0 Å². The van der Waals surface area contributed by atoms with Gasteiger partial charge in [0.05, 0.1) is 0 Å². The summed E-state index contributed by atoms with van der Waals surface area (Å²) in [5.41, 5.74) is 0.679. The summed E-state index contributed by atoms with van der Waals surface area (Å²) in [6.07, 6.45) is 2.84. The van der Waals surface area contributed by atoms with E-state index >= 15 is 0 Å². The van der Waals surface area contributed by atoms with Gasteiger partial charge in [0.25, 0.3) is 0 Å². The molecule has 1 unspecified atom stereocenters. The molecule has 3 heteroatoms. The molecular weight excluding hydrogens is 222 g/mol. The monoisotopic (exact) mass is 251 g/mol. The average Bonchev–Trinajstić information content (AvgIpc) is 2.36. The van der Waals surface area contributed by atoms with Crippen LogP contribution in [0, 0.1) is 11.3 Å². The van der Waals surface area contributed by atoms with Crippen LogP contribution in [0.2, 0.25) is 0 Å². The van der Waals surface area contributed by atoms with E-state index < -0.39 is 0 Å². The summed E-state index contributed by atoms with van der Waals surface area (Å²) in [4.78, 5) is 7.81. The molecule has 1 spiro atoms. The Morgan fingerprint density at radius 2 is 1.78 bits per heavy atom. The van der Waals surface area contributed by atoms with Crippen LogP contribution in [0.3, 0.4) is 0 Å². The van der Waals surface area contributed by atoms with Gasteiger partial charge in [-0.15, -0.1) is 0 Å².